The van der Waals surface area contributed by atoms with Gasteiger partial charge in [-0.2, -0.15) is 0 Å². The largest absolute Gasteiger partial charge is 0.478 e. The second-order valence-electron chi connectivity index (χ2n) is 6.76. The van der Waals surface area contributed by atoms with Crippen LogP contribution in [-0.2, 0) is 4.79 Å². The Hall–Kier alpha value is -1.83. The van der Waals surface area contributed by atoms with Gasteiger partial charge in [-0.15, -0.1) is 0 Å². The Morgan fingerprint density at radius 3 is 2.45 bits per heavy atom. The van der Waals surface area contributed by atoms with Crippen molar-refractivity contribution in [3.63, 3.8) is 0 Å². The van der Waals surface area contributed by atoms with Gasteiger partial charge in [0.05, 0.1) is 0 Å². The molecule has 0 saturated heterocycles. The third-order valence-corrected chi connectivity index (χ3v) is 4.12. The maximum Gasteiger partial charge on any atom is 0.328 e. The van der Waals surface area contributed by atoms with E-state index in [1.807, 2.05) is 12.2 Å². The fourth-order valence-corrected chi connectivity index (χ4v) is 2.88. The van der Waals surface area contributed by atoms with Crippen molar-refractivity contribution < 1.29 is 9.90 Å². The summed E-state index contributed by atoms with van der Waals surface area (Å²) in [6.45, 7) is 10.7. The van der Waals surface area contributed by atoms with Crippen LogP contribution >= 0.6 is 0 Å². The van der Waals surface area contributed by atoms with Crippen molar-refractivity contribution >= 4 is 5.97 Å². The van der Waals surface area contributed by atoms with E-state index in [9.17, 15) is 4.79 Å². The van der Waals surface area contributed by atoms with Crippen LogP contribution in [0.25, 0.3) is 0 Å². The van der Waals surface area contributed by atoms with E-state index in [1.54, 1.807) is 13.0 Å². The van der Waals surface area contributed by atoms with Crippen LogP contribution in [0.1, 0.15) is 53.9 Å². The Bertz CT molecular complexity index is 567. The Balaban J connectivity index is 2.79. The van der Waals surface area contributed by atoms with E-state index in [-0.39, 0.29) is 5.41 Å². The summed E-state index contributed by atoms with van der Waals surface area (Å²) in [6.07, 6.45) is 15.0. The molecular formula is C20H28O2. The molecule has 2 nitrogen and oxygen atoms in total. The summed E-state index contributed by atoms with van der Waals surface area (Å²) in [4.78, 5) is 10.5. The van der Waals surface area contributed by atoms with E-state index in [1.165, 1.54) is 36.5 Å². The highest BCUT2D eigenvalue weighted by molar-refractivity contribution is 5.81. The summed E-state index contributed by atoms with van der Waals surface area (Å²) in [7, 11) is 0. The highest BCUT2D eigenvalue weighted by atomic mass is 16.4. The van der Waals surface area contributed by atoms with Crippen LogP contribution in [-0.4, -0.2) is 11.1 Å². The summed E-state index contributed by atoms with van der Waals surface area (Å²) in [6, 6.07) is 0. The van der Waals surface area contributed by atoms with Gasteiger partial charge >= 0.3 is 5.97 Å². The van der Waals surface area contributed by atoms with E-state index < -0.39 is 5.97 Å². The van der Waals surface area contributed by atoms with Crippen molar-refractivity contribution in [3.05, 3.63) is 58.7 Å². The average molecular weight is 300 g/mol. The summed E-state index contributed by atoms with van der Waals surface area (Å²) in [5.74, 6) is -0.912. The van der Waals surface area contributed by atoms with E-state index in [2.05, 4.69) is 39.8 Å². The first-order valence-corrected chi connectivity index (χ1v) is 7.87. The van der Waals surface area contributed by atoms with Gasteiger partial charge in [0.25, 0.3) is 0 Å². The normalized spacial score (nSPS) is 20.2. The Labute approximate surface area is 134 Å². The van der Waals surface area contributed by atoms with Gasteiger partial charge in [-0.25, -0.2) is 4.79 Å². The molecule has 120 valence electrons. The fourth-order valence-electron chi connectivity index (χ4n) is 2.88. The van der Waals surface area contributed by atoms with Gasteiger partial charge in [0.15, 0.2) is 0 Å². The number of carboxylic acids is 1. The predicted octanol–water partition coefficient (Wildman–Crippen LogP) is 5.60. The van der Waals surface area contributed by atoms with Crippen molar-refractivity contribution in [1.29, 1.82) is 0 Å². The number of carbonyl (C=O) groups is 1. The van der Waals surface area contributed by atoms with Crippen LogP contribution in [0.3, 0.4) is 0 Å². The van der Waals surface area contributed by atoms with Gasteiger partial charge in [-0.1, -0.05) is 55.4 Å². The number of rotatable bonds is 5. The predicted molar refractivity (Wildman–Crippen MR) is 93.8 cm³/mol. The molecule has 0 aromatic rings. The highest BCUT2D eigenvalue weighted by Crippen LogP contribution is 2.40. The number of hydrogen-bond donors (Lipinski definition) is 1. The second kappa shape index (κ2) is 7.98. The van der Waals surface area contributed by atoms with Crippen LogP contribution < -0.4 is 0 Å². The SMILES string of the molecule is CC(=CC(=O)O)/C=C/C=C(C)/C=C/C1=C(C)CCCC1(C)C. The van der Waals surface area contributed by atoms with E-state index in [0.717, 1.165) is 11.1 Å². The van der Waals surface area contributed by atoms with Gasteiger partial charge in [0, 0.05) is 6.08 Å². The number of allylic oxidation sites excluding steroid dienone is 9. The molecule has 1 rings (SSSR count). The molecule has 0 spiro atoms. The second-order valence-corrected chi connectivity index (χ2v) is 6.76. The molecule has 1 aliphatic rings. The lowest BCUT2D eigenvalue weighted by molar-refractivity contribution is -0.131. The molecule has 0 unspecified atom stereocenters. The molecule has 0 radical (unpaired) electrons. The van der Waals surface area contributed by atoms with Crippen molar-refractivity contribution in [2.24, 2.45) is 5.41 Å². The van der Waals surface area contributed by atoms with Crippen molar-refractivity contribution in [2.45, 2.75) is 53.9 Å². The molecular weight excluding hydrogens is 272 g/mol. The standard InChI is InChI=1S/C20H28O2/c1-15(8-6-9-16(2)14-19(21)22)11-12-18-17(3)10-7-13-20(18,4)5/h6,8-9,11-12,14H,7,10,13H2,1-5H3,(H,21,22)/b9-6+,12-11+,15-8+,16-14?. The first-order valence-electron chi connectivity index (χ1n) is 7.87. The summed E-state index contributed by atoms with van der Waals surface area (Å²) in [5.41, 5.74) is 5.09. The van der Waals surface area contributed by atoms with Gasteiger partial charge < -0.3 is 5.11 Å². The first-order chi connectivity index (χ1) is 10.2. The number of hydrogen-bond acceptors (Lipinski definition) is 1. The van der Waals surface area contributed by atoms with E-state index in [0.29, 0.717) is 0 Å². The van der Waals surface area contributed by atoms with E-state index in [4.69, 9.17) is 5.11 Å². The van der Waals surface area contributed by atoms with Gasteiger partial charge in [-0.3, -0.25) is 0 Å². The molecule has 1 N–H and O–H groups in total. The summed E-state index contributed by atoms with van der Waals surface area (Å²) < 4.78 is 0. The smallest absolute Gasteiger partial charge is 0.328 e. The molecule has 0 fully saturated rings. The summed E-state index contributed by atoms with van der Waals surface area (Å²) >= 11 is 0. The number of carboxylic acid groups (broad SMARTS) is 1. The highest BCUT2D eigenvalue weighted by Gasteiger charge is 2.26. The quantitative estimate of drug-likeness (QED) is 0.530. The molecule has 0 bridgehead atoms. The van der Waals surface area contributed by atoms with Crippen LogP contribution in [0.5, 0.6) is 0 Å². The third kappa shape index (κ3) is 5.88. The molecule has 0 atom stereocenters. The van der Waals surface area contributed by atoms with Crippen LogP contribution in [0.2, 0.25) is 0 Å². The van der Waals surface area contributed by atoms with Crippen molar-refractivity contribution in [1.82, 2.24) is 0 Å². The minimum Gasteiger partial charge on any atom is -0.478 e. The molecule has 0 aliphatic heterocycles. The van der Waals surface area contributed by atoms with Crippen molar-refractivity contribution in [2.75, 3.05) is 0 Å². The van der Waals surface area contributed by atoms with Gasteiger partial charge in [0.2, 0.25) is 0 Å². The molecule has 0 aromatic carbocycles. The zero-order valence-electron chi connectivity index (χ0n) is 14.4. The molecule has 0 amide bonds. The van der Waals surface area contributed by atoms with Gasteiger partial charge in [0.1, 0.15) is 0 Å². The van der Waals surface area contributed by atoms with E-state index >= 15 is 0 Å². The average Bonchev–Trinajstić information content (AvgIpc) is 2.36. The fraction of sp³-hybridized carbons (Fsp3) is 0.450. The molecule has 0 heterocycles. The minimum absolute atomic E-state index is 0.260. The lowest BCUT2D eigenvalue weighted by atomic mass is 9.72. The zero-order chi connectivity index (χ0) is 16.8. The molecule has 22 heavy (non-hydrogen) atoms. The topological polar surface area (TPSA) is 37.3 Å². The number of aliphatic carboxylic acids is 1. The Morgan fingerprint density at radius 2 is 1.86 bits per heavy atom. The lowest BCUT2D eigenvalue weighted by Gasteiger charge is -2.32. The molecule has 0 aromatic heterocycles. The molecule has 0 saturated carbocycles. The van der Waals surface area contributed by atoms with Crippen molar-refractivity contribution in [3.8, 4) is 0 Å². The maximum atomic E-state index is 10.5. The maximum absolute atomic E-state index is 10.5. The third-order valence-electron chi connectivity index (χ3n) is 4.12. The zero-order valence-corrected chi connectivity index (χ0v) is 14.4. The van der Waals surface area contributed by atoms with Crippen LogP contribution in [0.15, 0.2) is 58.7 Å². The molecule has 2 heteroatoms. The first kappa shape index (κ1) is 18.2. The Morgan fingerprint density at radius 1 is 1.18 bits per heavy atom. The van der Waals surface area contributed by atoms with Crippen LogP contribution in [0.4, 0.5) is 0 Å². The van der Waals surface area contributed by atoms with Crippen LogP contribution in [0, 0.1) is 5.41 Å². The Kier molecular flexibility index (Phi) is 6.61. The molecule has 1 aliphatic carbocycles. The monoisotopic (exact) mass is 300 g/mol. The lowest BCUT2D eigenvalue weighted by Crippen LogP contribution is -2.19. The van der Waals surface area contributed by atoms with Gasteiger partial charge in [-0.05, 0) is 56.6 Å². The minimum atomic E-state index is -0.912. The summed E-state index contributed by atoms with van der Waals surface area (Å²) in [5, 5.41) is 8.65.